The molecule has 0 radical (unpaired) electrons. The van der Waals surface area contributed by atoms with E-state index in [2.05, 4.69) is 10.6 Å². The van der Waals surface area contributed by atoms with E-state index < -0.39 is 36.7 Å². The Morgan fingerprint density at radius 3 is 1.90 bits per heavy atom. The predicted molar refractivity (Wildman–Crippen MR) is 104 cm³/mol. The lowest BCUT2D eigenvalue weighted by atomic mass is 10.2. The fraction of sp³-hybridized carbons (Fsp3) is 0.286. The van der Waals surface area contributed by atoms with Gasteiger partial charge in [-0.05, 0) is 18.1 Å². The molecule has 2 aromatic carbocycles. The fourth-order valence-electron chi connectivity index (χ4n) is 2.33. The van der Waals surface area contributed by atoms with Crippen LogP contribution in [0.4, 0.5) is 4.79 Å². The van der Waals surface area contributed by atoms with Crippen molar-refractivity contribution in [3.8, 4) is 0 Å². The van der Waals surface area contributed by atoms with Crippen molar-refractivity contribution in [1.29, 1.82) is 0 Å². The first-order valence-corrected chi connectivity index (χ1v) is 9.08. The molecule has 0 saturated carbocycles. The number of amides is 2. The largest absolute Gasteiger partial charge is 0.459 e. The Morgan fingerprint density at radius 2 is 1.38 bits per heavy atom. The van der Waals surface area contributed by atoms with Gasteiger partial charge in [-0.15, -0.1) is 0 Å². The third-order valence-electron chi connectivity index (χ3n) is 3.94. The third kappa shape index (κ3) is 7.63. The summed E-state index contributed by atoms with van der Waals surface area (Å²) in [4.78, 5) is 36.1. The molecule has 2 atom stereocenters. The number of aliphatic hydroxyl groups is 1. The Balaban J connectivity index is 1.76. The number of hydrogen-bond acceptors (Lipinski definition) is 6. The zero-order valence-corrected chi connectivity index (χ0v) is 16.0. The van der Waals surface area contributed by atoms with Gasteiger partial charge in [0.05, 0.1) is 6.61 Å². The van der Waals surface area contributed by atoms with Gasteiger partial charge in [-0.3, -0.25) is 4.79 Å². The normalized spacial score (nSPS) is 12.3. The minimum absolute atomic E-state index is 0.0225. The molecular weight excluding hydrogens is 376 g/mol. The molecule has 0 fully saturated rings. The van der Waals surface area contributed by atoms with Gasteiger partial charge in [0.25, 0.3) is 0 Å². The first-order valence-electron chi connectivity index (χ1n) is 9.08. The van der Waals surface area contributed by atoms with E-state index in [4.69, 9.17) is 9.47 Å². The molecule has 0 aliphatic heterocycles. The van der Waals surface area contributed by atoms with Gasteiger partial charge in [0, 0.05) is 0 Å². The summed E-state index contributed by atoms with van der Waals surface area (Å²) in [5.41, 5.74) is 1.60. The van der Waals surface area contributed by atoms with Crippen molar-refractivity contribution in [2.45, 2.75) is 32.2 Å². The van der Waals surface area contributed by atoms with Crippen LogP contribution in [0.5, 0.6) is 0 Å². The lowest BCUT2D eigenvalue weighted by molar-refractivity contribution is -0.148. The van der Waals surface area contributed by atoms with E-state index in [0.29, 0.717) is 0 Å². The lowest BCUT2D eigenvalue weighted by Gasteiger charge is -2.19. The lowest BCUT2D eigenvalue weighted by Crippen LogP contribution is -2.52. The van der Waals surface area contributed by atoms with Gasteiger partial charge in [0.15, 0.2) is 0 Å². The molecular formula is C21H24N2O6. The van der Waals surface area contributed by atoms with Gasteiger partial charge in [0.1, 0.15) is 25.3 Å². The van der Waals surface area contributed by atoms with Crippen molar-refractivity contribution in [2.24, 2.45) is 0 Å². The van der Waals surface area contributed by atoms with Crippen LogP contribution in [0.25, 0.3) is 0 Å². The molecule has 3 N–H and O–H groups in total. The maximum absolute atomic E-state index is 12.2. The summed E-state index contributed by atoms with van der Waals surface area (Å²) in [7, 11) is 0. The number of carbonyl (C=O) groups excluding carboxylic acids is 3. The second-order valence-electron chi connectivity index (χ2n) is 6.26. The van der Waals surface area contributed by atoms with E-state index in [0.717, 1.165) is 11.1 Å². The Labute approximate surface area is 168 Å². The Hall–Kier alpha value is -3.39. The van der Waals surface area contributed by atoms with Crippen molar-refractivity contribution in [1.82, 2.24) is 10.6 Å². The molecule has 29 heavy (non-hydrogen) atoms. The summed E-state index contributed by atoms with van der Waals surface area (Å²) in [5.74, 6) is -1.36. The second kappa shape index (κ2) is 11.5. The van der Waals surface area contributed by atoms with Crippen molar-refractivity contribution < 1.29 is 29.0 Å². The summed E-state index contributed by atoms with van der Waals surface area (Å²) in [6.45, 7) is 0.896. The summed E-state index contributed by atoms with van der Waals surface area (Å²) < 4.78 is 10.2. The topological polar surface area (TPSA) is 114 Å². The van der Waals surface area contributed by atoms with Crippen LogP contribution in [0.3, 0.4) is 0 Å². The van der Waals surface area contributed by atoms with Gasteiger partial charge in [0.2, 0.25) is 5.91 Å². The minimum atomic E-state index is -1.26. The number of benzene rings is 2. The predicted octanol–water partition coefficient (Wildman–Crippen LogP) is 1.52. The van der Waals surface area contributed by atoms with Crippen LogP contribution in [0.2, 0.25) is 0 Å². The van der Waals surface area contributed by atoms with Gasteiger partial charge in [-0.1, -0.05) is 60.7 Å². The third-order valence-corrected chi connectivity index (χ3v) is 3.94. The van der Waals surface area contributed by atoms with Crippen molar-refractivity contribution >= 4 is 18.0 Å². The van der Waals surface area contributed by atoms with Gasteiger partial charge in [-0.25, -0.2) is 9.59 Å². The van der Waals surface area contributed by atoms with Gasteiger partial charge < -0.3 is 25.2 Å². The van der Waals surface area contributed by atoms with E-state index in [1.807, 2.05) is 36.4 Å². The number of hydrogen-bond donors (Lipinski definition) is 3. The van der Waals surface area contributed by atoms with Crippen molar-refractivity contribution in [3.63, 3.8) is 0 Å². The molecule has 154 valence electrons. The molecule has 2 unspecified atom stereocenters. The quantitative estimate of drug-likeness (QED) is 0.550. The summed E-state index contributed by atoms with van der Waals surface area (Å²) >= 11 is 0. The van der Waals surface area contributed by atoms with Crippen LogP contribution in [-0.4, -0.2) is 41.8 Å². The molecule has 0 aromatic heterocycles. The molecule has 0 heterocycles. The smallest absolute Gasteiger partial charge is 0.408 e. The molecule has 8 heteroatoms. The molecule has 2 amide bonds. The van der Waals surface area contributed by atoms with E-state index in [1.165, 1.54) is 6.92 Å². The molecule has 0 aliphatic rings. The van der Waals surface area contributed by atoms with Crippen LogP contribution in [-0.2, 0) is 32.3 Å². The Bertz CT molecular complexity index is 797. The molecule has 0 bridgehead atoms. The number of carbonyl (C=O) groups is 3. The highest BCUT2D eigenvalue weighted by atomic mass is 16.5. The SMILES string of the molecule is CC(NC(=O)C(CO)NC(=O)OCc1ccccc1)C(=O)OCc1ccccc1. The monoisotopic (exact) mass is 400 g/mol. The van der Waals surface area contributed by atoms with Crippen LogP contribution in [0.15, 0.2) is 60.7 Å². The highest BCUT2D eigenvalue weighted by Crippen LogP contribution is 2.03. The standard InChI is InChI=1S/C21H24N2O6/c1-15(20(26)28-13-16-8-4-2-5-9-16)22-19(25)18(12-24)23-21(27)29-14-17-10-6-3-7-11-17/h2-11,15,18,24H,12-14H2,1H3,(H,22,25)(H,23,27). The Morgan fingerprint density at radius 1 is 0.862 bits per heavy atom. The second-order valence-corrected chi connectivity index (χ2v) is 6.26. The first-order chi connectivity index (χ1) is 14.0. The Kier molecular flexibility index (Phi) is 8.65. The molecule has 2 aromatic rings. The summed E-state index contributed by atoms with van der Waals surface area (Å²) in [5, 5.41) is 14.1. The highest BCUT2D eigenvalue weighted by molar-refractivity contribution is 5.89. The van der Waals surface area contributed by atoms with Crippen LogP contribution < -0.4 is 10.6 Å². The van der Waals surface area contributed by atoms with Gasteiger partial charge >= 0.3 is 12.1 Å². The van der Waals surface area contributed by atoms with Crippen LogP contribution in [0.1, 0.15) is 18.1 Å². The number of aliphatic hydroxyl groups excluding tert-OH is 1. The highest BCUT2D eigenvalue weighted by Gasteiger charge is 2.25. The van der Waals surface area contributed by atoms with E-state index in [9.17, 15) is 19.5 Å². The van der Waals surface area contributed by atoms with E-state index in [1.54, 1.807) is 24.3 Å². The average molecular weight is 400 g/mol. The maximum Gasteiger partial charge on any atom is 0.408 e. The molecule has 0 aliphatic carbocycles. The zero-order chi connectivity index (χ0) is 21.1. The summed E-state index contributed by atoms with van der Waals surface area (Å²) in [6.07, 6.45) is -0.859. The summed E-state index contributed by atoms with van der Waals surface area (Å²) in [6, 6.07) is 15.9. The number of esters is 1. The average Bonchev–Trinajstić information content (AvgIpc) is 2.75. The van der Waals surface area contributed by atoms with E-state index >= 15 is 0 Å². The molecule has 0 saturated heterocycles. The van der Waals surface area contributed by atoms with E-state index in [-0.39, 0.29) is 13.2 Å². The minimum Gasteiger partial charge on any atom is -0.459 e. The van der Waals surface area contributed by atoms with Gasteiger partial charge in [-0.2, -0.15) is 0 Å². The molecule has 8 nitrogen and oxygen atoms in total. The number of ether oxygens (including phenoxy) is 2. The molecule has 2 rings (SSSR count). The van der Waals surface area contributed by atoms with Crippen LogP contribution in [0, 0.1) is 0 Å². The number of alkyl carbamates (subject to hydrolysis) is 1. The zero-order valence-electron chi connectivity index (χ0n) is 16.0. The first kappa shape index (κ1) is 21.9. The maximum atomic E-state index is 12.2. The van der Waals surface area contributed by atoms with Crippen molar-refractivity contribution in [3.05, 3.63) is 71.8 Å². The fourth-order valence-corrected chi connectivity index (χ4v) is 2.33. The van der Waals surface area contributed by atoms with Crippen LogP contribution >= 0.6 is 0 Å². The number of nitrogens with one attached hydrogen (secondary N) is 2. The number of rotatable bonds is 9. The molecule has 0 spiro atoms. The van der Waals surface area contributed by atoms with Crippen molar-refractivity contribution in [2.75, 3.05) is 6.61 Å².